The molecule has 1 N–H and O–H groups in total. The van der Waals surface area contributed by atoms with Crippen LogP contribution in [0.5, 0.6) is 0 Å². The molecule has 0 amide bonds. The van der Waals surface area contributed by atoms with Crippen LogP contribution < -0.4 is 0 Å². The van der Waals surface area contributed by atoms with Gasteiger partial charge in [0.2, 0.25) is 0 Å². The molecule has 0 fully saturated rings. The van der Waals surface area contributed by atoms with E-state index in [1.807, 2.05) is 0 Å². The summed E-state index contributed by atoms with van der Waals surface area (Å²) in [4.78, 5) is 0. The van der Waals surface area contributed by atoms with Gasteiger partial charge in [0, 0.05) is 0 Å². The SMILES string of the molecule is C=CCOCCOCCOCCOCCOCCOCCOCCOCCOCCOCCOCCOCCOCCOCCOCCOCCO. The molecular weight excluding hydrogens is 692 g/mol. The van der Waals surface area contributed by atoms with Crippen LogP contribution in [-0.4, -0.2) is 223 Å². The van der Waals surface area contributed by atoms with Crippen molar-refractivity contribution >= 4 is 0 Å². The van der Waals surface area contributed by atoms with Crippen molar-refractivity contribution < 1.29 is 80.9 Å². The number of aliphatic hydroxyl groups excluding tert-OH is 1. The van der Waals surface area contributed by atoms with Crippen LogP contribution in [0, 0.1) is 0 Å². The van der Waals surface area contributed by atoms with Crippen LogP contribution >= 0.6 is 0 Å². The zero-order chi connectivity index (χ0) is 37.4. The Bertz CT molecular complexity index is 638. The Kier molecular flexibility index (Phi) is 49.2. The third-order valence-corrected chi connectivity index (χ3v) is 6.05. The lowest BCUT2D eigenvalue weighted by Crippen LogP contribution is -2.16. The van der Waals surface area contributed by atoms with Gasteiger partial charge in [-0.15, -0.1) is 6.58 Å². The van der Waals surface area contributed by atoms with Crippen LogP contribution in [0.15, 0.2) is 12.7 Å². The first kappa shape index (κ1) is 51.1. The maximum atomic E-state index is 8.59. The maximum absolute atomic E-state index is 8.59. The molecule has 0 aliphatic carbocycles. The van der Waals surface area contributed by atoms with Crippen molar-refractivity contribution in [3.8, 4) is 0 Å². The van der Waals surface area contributed by atoms with Crippen molar-refractivity contribution in [2.45, 2.75) is 0 Å². The van der Waals surface area contributed by atoms with Crippen LogP contribution in [0.1, 0.15) is 0 Å². The predicted octanol–water partition coefficient (Wildman–Crippen LogP) is 0.430. The molecule has 0 heterocycles. The molecule has 0 bridgehead atoms. The summed E-state index contributed by atoms with van der Waals surface area (Å²) in [5, 5.41) is 8.59. The van der Waals surface area contributed by atoms with Crippen molar-refractivity contribution in [2.24, 2.45) is 0 Å². The highest BCUT2D eigenvalue weighted by Gasteiger charge is 1.97. The zero-order valence-electron chi connectivity index (χ0n) is 31.6. The molecule has 0 unspecified atom stereocenters. The summed E-state index contributed by atoms with van der Waals surface area (Å²) in [6, 6.07) is 0. The number of rotatable bonds is 49. The molecule has 0 aromatic rings. The lowest BCUT2D eigenvalue weighted by molar-refractivity contribution is -0.0304. The summed E-state index contributed by atoms with van der Waals surface area (Å²) >= 11 is 0. The fourth-order valence-electron chi connectivity index (χ4n) is 3.53. The van der Waals surface area contributed by atoms with Crippen LogP contribution in [0.2, 0.25) is 0 Å². The first-order valence-corrected chi connectivity index (χ1v) is 18.4. The fraction of sp³-hybridized carbons (Fsp3) is 0.943. The Morgan fingerprint density at radius 2 is 0.365 bits per heavy atom. The van der Waals surface area contributed by atoms with Gasteiger partial charge in [-0.05, 0) is 0 Å². The normalized spacial score (nSPS) is 11.6. The standard InChI is InChI=1S/C35H70O17/c1-2-4-37-6-8-39-10-12-41-14-16-43-18-20-45-22-24-47-26-28-49-30-32-51-34-35-52-33-31-50-29-27-48-25-23-46-21-19-44-17-15-42-13-11-40-9-7-38-5-3-36/h2,36H,1,3-35H2. The Labute approximate surface area is 311 Å². The van der Waals surface area contributed by atoms with E-state index in [4.69, 9.17) is 80.9 Å². The van der Waals surface area contributed by atoms with Crippen molar-refractivity contribution in [3.05, 3.63) is 12.7 Å². The fourth-order valence-corrected chi connectivity index (χ4v) is 3.53. The summed E-state index contributed by atoms with van der Waals surface area (Å²) in [6.45, 7) is 19.6. The Balaban J connectivity index is 3.05. The monoisotopic (exact) mass is 762 g/mol. The van der Waals surface area contributed by atoms with Crippen molar-refractivity contribution in [2.75, 3.05) is 218 Å². The molecular formula is C35H70O17. The lowest BCUT2D eigenvalue weighted by atomic mass is 10.6. The van der Waals surface area contributed by atoms with Gasteiger partial charge < -0.3 is 80.9 Å². The molecule has 52 heavy (non-hydrogen) atoms. The van der Waals surface area contributed by atoms with E-state index < -0.39 is 0 Å². The average Bonchev–Trinajstić information content (AvgIpc) is 3.16. The summed E-state index contributed by atoms with van der Waals surface area (Å²) in [7, 11) is 0. The van der Waals surface area contributed by atoms with Crippen LogP contribution in [0.4, 0.5) is 0 Å². The third-order valence-electron chi connectivity index (χ3n) is 6.05. The summed E-state index contributed by atoms with van der Waals surface area (Å²) in [5.74, 6) is 0. The largest absolute Gasteiger partial charge is 0.394 e. The summed E-state index contributed by atoms with van der Waals surface area (Å²) in [5.41, 5.74) is 0. The molecule has 0 spiro atoms. The van der Waals surface area contributed by atoms with Gasteiger partial charge in [0.25, 0.3) is 0 Å². The minimum Gasteiger partial charge on any atom is -0.394 e. The second-order valence-corrected chi connectivity index (χ2v) is 10.3. The van der Waals surface area contributed by atoms with Gasteiger partial charge in [0.15, 0.2) is 0 Å². The minimum atomic E-state index is 0.0221. The number of hydrogen-bond donors (Lipinski definition) is 1. The first-order valence-electron chi connectivity index (χ1n) is 18.4. The second kappa shape index (κ2) is 50.1. The van der Waals surface area contributed by atoms with Gasteiger partial charge in [-0.1, -0.05) is 6.08 Å². The molecule has 0 aliphatic rings. The van der Waals surface area contributed by atoms with Gasteiger partial charge in [0.1, 0.15) is 0 Å². The maximum Gasteiger partial charge on any atom is 0.0704 e. The van der Waals surface area contributed by atoms with Crippen molar-refractivity contribution in [3.63, 3.8) is 0 Å². The first-order chi connectivity index (χ1) is 25.9. The van der Waals surface area contributed by atoms with E-state index >= 15 is 0 Å². The molecule has 0 rings (SSSR count). The highest BCUT2D eigenvalue weighted by Crippen LogP contribution is 1.88. The van der Waals surface area contributed by atoms with E-state index in [1.54, 1.807) is 6.08 Å². The second-order valence-electron chi connectivity index (χ2n) is 10.3. The van der Waals surface area contributed by atoms with Crippen LogP contribution in [0.25, 0.3) is 0 Å². The van der Waals surface area contributed by atoms with E-state index in [2.05, 4.69) is 6.58 Å². The molecule has 0 atom stereocenters. The predicted molar refractivity (Wildman–Crippen MR) is 190 cm³/mol. The highest BCUT2D eigenvalue weighted by atomic mass is 16.6. The van der Waals surface area contributed by atoms with E-state index in [-0.39, 0.29) is 6.61 Å². The van der Waals surface area contributed by atoms with Crippen LogP contribution in [0.3, 0.4) is 0 Å². The summed E-state index contributed by atoms with van der Waals surface area (Å²) < 4.78 is 86.6. The number of ether oxygens (including phenoxy) is 16. The molecule has 0 saturated heterocycles. The molecule has 0 radical (unpaired) electrons. The Morgan fingerprint density at radius 3 is 0.500 bits per heavy atom. The van der Waals surface area contributed by atoms with Crippen molar-refractivity contribution in [1.82, 2.24) is 0 Å². The third kappa shape index (κ3) is 49.1. The molecule has 0 aromatic heterocycles. The van der Waals surface area contributed by atoms with Gasteiger partial charge >= 0.3 is 0 Å². The topological polar surface area (TPSA) is 168 Å². The average molecular weight is 763 g/mol. The molecule has 0 aromatic carbocycles. The smallest absolute Gasteiger partial charge is 0.0704 e. The molecule has 0 aliphatic heterocycles. The summed E-state index contributed by atoms with van der Waals surface area (Å²) in [6.07, 6.45) is 1.71. The quantitative estimate of drug-likeness (QED) is 0.0669. The minimum absolute atomic E-state index is 0.0221. The van der Waals surface area contributed by atoms with Crippen molar-refractivity contribution in [1.29, 1.82) is 0 Å². The van der Waals surface area contributed by atoms with Gasteiger partial charge in [-0.3, -0.25) is 0 Å². The van der Waals surface area contributed by atoms with Gasteiger partial charge in [-0.2, -0.15) is 0 Å². The van der Waals surface area contributed by atoms with Gasteiger partial charge in [-0.25, -0.2) is 0 Å². The molecule has 17 nitrogen and oxygen atoms in total. The Hall–Kier alpha value is -0.940. The van der Waals surface area contributed by atoms with Crippen LogP contribution in [-0.2, 0) is 75.8 Å². The highest BCUT2D eigenvalue weighted by molar-refractivity contribution is 4.63. The number of aliphatic hydroxyl groups is 1. The van der Waals surface area contributed by atoms with Gasteiger partial charge in [0.05, 0.1) is 218 Å². The molecule has 0 saturated carbocycles. The zero-order valence-corrected chi connectivity index (χ0v) is 31.6. The molecule has 312 valence electrons. The van der Waals surface area contributed by atoms with E-state index in [0.29, 0.717) is 211 Å². The van der Waals surface area contributed by atoms with E-state index in [1.165, 1.54) is 0 Å². The molecule has 17 heteroatoms. The Morgan fingerprint density at radius 1 is 0.231 bits per heavy atom. The lowest BCUT2D eigenvalue weighted by Gasteiger charge is -2.09. The number of hydrogen-bond acceptors (Lipinski definition) is 17. The van der Waals surface area contributed by atoms with E-state index in [9.17, 15) is 0 Å². The van der Waals surface area contributed by atoms with E-state index in [0.717, 1.165) is 0 Å².